The van der Waals surface area contributed by atoms with Gasteiger partial charge in [-0.1, -0.05) is 277 Å². The molecule has 404 valence electrons. The lowest BCUT2D eigenvalue weighted by Crippen LogP contribution is -2.59. The molecule has 4 N–H and O–H groups in total. The first kappa shape index (κ1) is 64.7. The van der Waals surface area contributed by atoms with E-state index in [-0.39, 0.29) is 32.0 Å². The zero-order valence-electron chi connectivity index (χ0n) is 44.6. The number of hydrogen-bond acceptors (Lipinski definition) is 10. The van der Waals surface area contributed by atoms with E-state index in [1.807, 2.05) is 0 Å². The second-order valence-electron chi connectivity index (χ2n) is 20.8. The number of carbonyl (C=O) groups excluding carboxylic acids is 2. The third-order valence-corrected chi connectivity index (χ3v) is 14.2. The Morgan fingerprint density at radius 1 is 0.397 bits per heavy atom. The first-order valence-electron chi connectivity index (χ1n) is 29.6. The average molecular weight is 970 g/mol. The van der Waals surface area contributed by atoms with Crippen LogP contribution in [0.4, 0.5) is 0 Å². The lowest BCUT2D eigenvalue weighted by molar-refractivity contribution is -0.305. The van der Waals surface area contributed by atoms with Crippen molar-refractivity contribution in [3.63, 3.8) is 0 Å². The van der Waals surface area contributed by atoms with E-state index in [1.54, 1.807) is 0 Å². The summed E-state index contributed by atoms with van der Waals surface area (Å²) in [5.41, 5.74) is 0. The average Bonchev–Trinajstić information content (AvgIpc) is 3.34. The van der Waals surface area contributed by atoms with Crippen LogP contribution >= 0.6 is 0 Å². The van der Waals surface area contributed by atoms with Crippen LogP contribution in [0.15, 0.2) is 0 Å². The first-order chi connectivity index (χ1) is 33.3. The lowest BCUT2D eigenvalue weighted by Gasteiger charge is -2.39. The maximum absolute atomic E-state index is 12.9. The number of esters is 2. The summed E-state index contributed by atoms with van der Waals surface area (Å²) in [6.45, 7) is 3.51. The molecular formula is C58H112O10. The molecule has 0 spiro atoms. The largest absolute Gasteiger partial charge is 0.462 e. The number of carbonyl (C=O) groups is 2. The summed E-state index contributed by atoms with van der Waals surface area (Å²) in [5.74, 6) is -0.780. The van der Waals surface area contributed by atoms with Crippen molar-refractivity contribution < 1.29 is 49.0 Å². The minimum Gasteiger partial charge on any atom is -0.462 e. The summed E-state index contributed by atoms with van der Waals surface area (Å²) in [5, 5.41) is 40.3. The Morgan fingerprint density at radius 3 is 1.00 bits per heavy atom. The van der Waals surface area contributed by atoms with Gasteiger partial charge in [-0.25, -0.2) is 0 Å². The van der Waals surface area contributed by atoms with Gasteiger partial charge in [-0.05, 0) is 12.8 Å². The Hall–Kier alpha value is -1.30. The topological polar surface area (TPSA) is 152 Å². The Balaban J connectivity index is 2.17. The molecule has 1 aliphatic rings. The quantitative estimate of drug-likeness (QED) is 0.0342. The van der Waals surface area contributed by atoms with Crippen molar-refractivity contribution >= 4 is 11.9 Å². The molecule has 10 nitrogen and oxygen atoms in total. The van der Waals surface area contributed by atoms with Crippen molar-refractivity contribution in [2.45, 2.75) is 340 Å². The normalized spacial score (nSPS) is 18.8. The number of hydrogen-bond donors (Lipinski definition) is 4. The van der Waals surface area contributed by atoms with Crippen LogP contribution in [0, 0.1) is 0 Å². The highest BCUT2D eigenvalue weighted by molar-refractivity contribution is 5.70. The van der Waals surface area contributed by atoms with Crippen LogP contribution in [-0.4, -0.2) is 89.0 Å². The molecule has 0 aromatic heterocycles. The number of rotatable bonds is 52. The molecule has 2 unspecified atom stereocenters. The molecule has 0 aliphatic carbocycles. The molecule has 1 aliphatic heterocycles. The molecule has 1 heterocycles. The van der Waals surface area contributed by atoms with Crippen LogP contribution in [0.5, 0.6) is 0 Å². The van der Waals surface area contributed by atoms with Crippen molar-refractivity contribution in [3.8, 4) is 0 Å². The fourth-order valence-corrected chi connectivity index (χ4v) is 9.61. The van der Waals surface area contributed by atoms with Crippen LogP contribution in [0.2, 0.25) is 0 Å². The van der Waals surface area contributed by atoms with E-state index in [2.05, 4.69) is 13.8 Å². The highest BCUT2D eigenvalue weighted by atomic mass is 16.7. The van der Waals surface area contributed by atoms with Gasteiger partial charge in [-0.2, -0.15) is 0 Å². The van der Waals surface area contributed by atoms with Gasteiger partial charge in [0.05, 0.1) is 13.2 Å². The maximum Gasteiger partial charge on any atom is 0.306 e. The van der Waals surface area contributed by atoms with E-state index in [9.17, 15) is 30.0 Å². The highest BCUT2D eigenvalue weighted by Gasteiger charge is 2.44. The standard InChI is InChI=1S/C58H112O10/c1-3-5-7-9-11-13-15-17-19-21-23-25-27-28-30-32-34-36-38-40-42-44-46-53(60)65-49-51(50-66-58-57(64)56(63)55(62)52(48-59)68-58)67-54(61)47-45-43-41-39-37-35-33-31-29-26-24-22-20-18-16-14-12-10-8-6-4-2/h51-52,55-59,62-64H,3-50H2,1-2H3/t51-,52-,55+,56?,57?,58-/m0/s1. The van der Waals surface area contributed by atoms with E-state index in [1.165, 1.54) is 238 Å². The predicted molar refractivity (Wildman–Crippen MR) is 280 cm³/mol. The molecule has 0 aromatic carbocycles. The summed E-state index contributed by atoms with van der Waals surface area (Å²) in [6, 6.07) is 0. The molecule has 6 atom stereocenters. The van der Waals surface area contributed by atoms with Crippen molar-refractivity contribution in [1.29, 1.82) is 0 Å². The Kier molecular flexibility index (Phi) is 46.9. The predicted octanol–water partition coefficient (Wildman–Crippen LogP) is 14.9. The molecule has 1 fully saturated rings. The lowest BCUT2D eigenvalue weighted by atomic mass is 9.99. The molecule has 68 heavy (non-hydrogen) atoms. The summed E-state index contributed by atoms with van der Waals surface area (Å²) in [4.78, 5) is 25.6. The van der Waals surface area contributed by atoms with Gasteiger partial charge in [0.2, 0.25) is 0 Å². The van der Waals surface area contributed by atoms with E-state index in [0.29, 0.717) is 6.42 Å². The van der Waals surface area contributed by atoms with Gasteiger partial charge in [0.1, 0.15) is 31.0 Å². The Morgan fingerprint density at radius 2 is 0.691 bits per heavy atom. The number of aliphatic hydroxyl groups excluding tert-OH is 4. The minimum absolute atomic E-state index is 0.208. The second-order valence-corrected chi connectivity index (χ2v) is 20.8. The molecular weight excluding hydrogens is 857 g/mol. The van der Waals surface area contributed by atoms with Crippen LogP contribution in [-0.2, 0) is 28.5 Å². The van der Waals surface area contributed by atoms with E-state index in [4.69, 9.17) is 18.9 Å². The van der Waals surface area contributed by atoms with E-state index in [0.717, 1.165) is 32.1 Å². The smallest absolute Gasteiger partial charge is 0.306 e. The Bertz CT molecular complexity index is 1070. The molecule has 0 amide bonds. The molecule has 10 heteroatoms. The second kappa shape index (κ2) is 49.3. The molecule has 1 rings (SSSR count). The van der Waals surface area contributed by atoms with Gasteiger partial charge in [0.15, 0.2) is 12.4 Å². The minimum atomic E-state index is -1.59. The maximum atomic E-state index is 12.9. The zero-order valence-corrected chi connectivity index (χ0v) is 44.6. The number of ether oxygens (including phenoxy) is 4. The fourth-order valence-electron chi connectivity index (χ4n) is 9.61. The van der Waals surface area contributed by atoms with Crippen molar-refractivity contribution in [2.24, 2.45) is 0 Å². The molecule has 0 bridgehead atoms. The zero-order chi connectivity index (χ0) is 49.4. The summed E-state index contributed by atoms with van der Waals surface area (Å²) >= 11 is 0. The summed E-state index contributed by atoms with van der Waals surface area (Å²) in [6.07, 6.45) is 48.4. The monoisotopic (exact) mass is 969 g/mol. The summed E-state index contributed by atoms with van der Waals surface area (Å²) in [7, 11) is 0. The van der Waals surface area contributed by atoms with Crippen LogP contribution in [0.1, 0.15) is 303 Å². The van der Waals surface area contributed by atoms with Crippen molar-refractivity contribution in [2.75, 3.05) is 19.8 Å². The van der Waals surface area contributed by atoms with Gasteiger partial charge in [-0.3, -0.25) is 9.59 Å². The van der Waals surface area contributed by atoms with Crippen LogP contribution in [0.3, 0.4) is 0 Å². The van der Waals surface area contributed by atoms with E-state index >= 15 is 0 Å². The van der Waals surface area contributed by atoms with Gasteiger partial charge >= 0.3 is 11.9 Å². The van der Waals surface area contributed by atoms with Crippen LogP contribution < -0.4 is 0 Å². The van der Waals surface area contributed by atoms with Crippen molar-refractivity contribution in [3.05, 3.63) is 0 Å². The molecule has 0 saturated carbocycles. The molecule has 0 aromatic rings. The number of aliphatic hydroxyl groups is 4. The fraction of sp³-hybridized carbons (Fsp3) is 0.966. The highest BCUT2D eigenvalue weighted by Crippen LogP contribution is 2.23. The van der Waals surface area contributed by atoms with Gasteiger partial charge in [0.25, 0.3) is 0 Å². The molecule has 0 radical (unpaired) electrons. The SMILES string of the molecule is CCCCCCCCCCCCCCCCCCCCCCCCC(=O)OC[C@@H](CO[C@H]1O[C@@H](CO)[C@@H](O)C(O)C1O)OC(=O)CCCCCCCCCCCCCCCCCCCCCCC. The van der Waals surface area contributed by atoms with Gasteiger partial charge < -0.3 is 39.4 Å². The van der Waals surface area contributed by atoms with Gasteiger partial charge in [-0.15, -0.1) is 0 Å². The Labute approximate surface area is 418 Å². The third kappa shape index (κ3) is 39.3. The third-order valence-electron chi connectivity index (χ3n) is 14.2. The molecule has 1 saturated heterocycles. The van der Waals surface area contributed by atoms with E-state index < -0.39 is 49.4 Å². The number of unbranched alkanes of at least 4 members (excludes halogenated alkanes) is 41. The van der Waals surface area contributed by atoms with Crippen molar-refractivity contribution in [1.82, 2.24) is 0 Å². The van der Waals surface area contributed by atoms with Crippen LogP contribution in [0.25, 0.3) is 0 Å². The first-order valence-corrected chi connectivity index (χ1v) is 29.6. The summed E-state index contributed by atoms with van der Waals surface area (Å²) < 4.78 is 22.3. The van der Waals surface area contributed by atoms with Gasteiger partial charge in [0, 0.05) is 12.8 Å².